The van der Waals surface area contributed by atoms with E-state index in [4.69, 9.17) is 21.1 Å². The van der Waals surface area contributed by atoms with Crippen molar-refractivity contribution in [2.24, 2.45) is 5.92 Å². The van der Waals surface area contributed by atoms with Gasteiger partial charge in [-0.15, -0.1) is 0 Å². The first-order valence-corrected chi connectivity index (χ1v) is 10.1. The summed E-state index contributed by atoms with van der Waals surface area (Å²) in [7, 11) is 0. The minimum Gasteiger partial charge on any atom is -0.338 e. The van der Waals surface area contributed by atoms with E-state index < -0.39 is 11.6 Å². The molecule has 2 aliphatic heterocycles. The highest BCUT2D eigenvalue weighted by atomic mass is 35.5. The number of carbonyl (C=O) groups is 1. The number of nitrogens with one attached hydrogen (secondary N) is 1. The van der Waals surface area contributed by atoms with Crippen molar-refractivity contribution >= 4 is 23.2 Å². The summed E-state index contributed by atoms with van der Waals surface area (Å²) in [5.74, 6) is -1.33. The molecule has 28 heavy (non-hydrogen) atoms. The molecule has 3 aliphatic rings. The standard InChI is InChI=1S/C22H21ClFNO3/c23-18-12-15(3-5-19(18)24)9-14-4-6-20-17(11-14)22(21(26)25-20)27-8-7-16(28-22)10-13-1-2-13/h3-6,11-13,16H,1-2,7-10H2,(H,25,26)/t16?,22-/m1/s1. The average molecular weight is 402 g/mol. The van der Waals surface area contributed by atoms with Gasteiger partial charge >= 0.3 is 0 Å². The van der Waals surface area contributed by atoms with E-state index in [1.807, 2.05) is 18.2 Å². The van der Waals surface area contributed by atoms with Crippen molar-refractivity contribution in [2.45, 2.75) is 44.0 Å². The molecule has 146 valence electrons. The van der Waals surface area contributed by atoms with Gasteiger partial charge in [-0.3, -0.25) is 4.79 Å². The number of fused-ring (bicyclic) bond motifs is 2. The number of halogens is 2. The Morgan fingerprint density at radius 1 is 1.14 bits per heavy atom. The van der Waals surface area contributed by atoms with Crippen LogP contribution in [-0.4, -0.2) is 18.6 Å². The lowest BCUT2D eigenvalue weighted by molar-refractivity contribution is -0.281. The van der Waals surface area contributed by atoms with Crippen molar-refractivity contribution in [1.29, 1.82) is 0 Å². The van der Waals surface area contributed by atoms with Crippen LogP contribution in [0, 0.1) is 11.7 Å². The molecule has 6 heteroatoms. The second kappa shape index (κ2) is 6.83. The van der Waals surface area contributed by atoms with Gasteiger partial charge in [0, 0.05) is 5.56 Å². The highest BCUT2D eigenvalue weighted by Gasteiger charge is 2.53. The molecule has 1 N–H and O–H groups in total. The van der Waals surface area contributed by atoms with Crippen LogP contribution in [0.4, 0.5) is 10.1 Å². The van der Waals surface area contributed by atoms with E-state index in [2.05, 4.69) is 5.32 Å². The van der Waals surface area contributed by atoms with E-state index in [1.54, 1.807) is 12.1 Å². The Labute approximate surface area is 168 Å². The molecule has 1 unspecified atom stereocenters. The van der Waals surface area contributed by atoms with Gasteiger partial charge in [-0.25, -0.2) is 4.39 Å². The van der Waals surface area contributed by atoms with Crippen LogP contribution in [0.1, 0.15) is 42.4 Å². The summed E-state index contributed by atoms with van der Waals surface area (Å²) in [5, 5.41) is 3.00. The van der Waals surface area contributed by atoms with Gasteiger partial charge in [0.1, 0.15) is 5.82 Å². The molecule has 2 fully saturated rings. The van der Waals surface area contributed by atoms with Gasteiger partial charge in [-0.1, -0.05) is 36.6 Å². The summed E-state index contributed by atoms with van der Waals surface area (Å²) in [5.41, 5.74) is 3.32. The van der Waals surface area contributed by atoms with Gasteiger partial charge in [-0.2, -0.15) is 0 Å². The summed E-state index contributed by atoms with van der Waals surface area (Å²) in [6, 6.07) is 10.5. The third-order valence-electron chi connectivity index (χ3n) is 5.75. The molecule has 2 aromatic carbocycles. The first-order chi connectivity index (χ1) is 13.5. The maximum atomic E-state index is 13.4. The normalized spacial score (nSPS) is 26.4. The van der Waals surface area contributed by atoms with E-state index in [0.717, 1.165) is 41.1 Å². The number of amides is 1. The fourth-order valence-electron chi connectivity index (χ4n) is 4.11. The highest BCUT2D eigenvalue weighted by Crippen LogP contribution is 2.46. The van der Waals surface area contributed by atoms with Gasteiger partial charge in [0.25, 0.3) is 11.7 Å². The Morgan fingerprint density at radius 2 is 1.93 bits per heavy atom. The first-order valence-electron chi connectivity index (χ1n) is 9.74. The van der Waals surface area contributed by atoms with Crippen LogP contribution in [0.2, 0.25) is 5.02 Å². The number of carbonyl (C=O) groups excluding carboxylic acids is 1. The summed E-state index contributed by atoms with van der Waals surface area (Å²) < 4.78 is 25.6. The van der Waals surface area contributed by atoms with Gasteiger partial charge in [-0.05, 0) is 60.6 Å². The lowest BCUT2D eigenvalue weighted by Gasteiger charge is -2.37. The topological polar surface area (TPSA) is 47.6 Å². The Kier molecular flexibility index (Phi) is 4.42. The van der Waals surface area contributed by atoms with Crippen LogP contribution in [-0.2, 0) is 26.5 Å². The maximum Gasteiger partial charge on any atom is 0.289 e. The van der Waals surface area contributed by atoms with Crippen molar-refractivity contribution in [3.8, 4) is 0 Å². The molecule has 5 rings (SSSR count). The van der Waals surface area contributed by atoms with Crippen LogP contribution in [0.3, 0.4) is 0 Å². The molecule has 1 saturated carbocycles. The van der Waals surface area contributed by atoms with E-state index in [9.17, 15) is 9.18 Å². The van der Waals surface area contributed by atoms with Crippen LogP contribution >= 0.6 is 11.6 Å². The van der Waals surface area contributed by atoms with Gasteiger partial charge in [0.15, 0.2) is 0 Å². The summed E-state index contributed by atoms with van der Waals surface area (Å²) in [6.07, 6.45) is 4.92. The first kappa shape index (κ1) is 18.1. The molecule has 0 radical (unpaired) electrons. The second-order valence-electron chi connectivity index (χ2n) is 7.93. The van der Waals surface area contributed by atoms with Crippen LogP contribution in [0.5, 0.6) is 0 Å². The Balaban J connectivity index is 1.44. The average Bonchev–Trinajstić information content (AvgIpc) is 3.45. The Hall–Kier alpha value is -1.95. The van der Waals surface area contributed by atoms with E-state index in [0.29, 0.717) is 13.0 Å². The largest absolute Gasteiger partial charge is 0.338 e. The number of anilines is 1. The quantitative estimate of drug-likeness (QED) is 0.802. The van der Waals surface area contributed by atoms with Gasteiger partial charge < -0.3 is 14.8 Å². The fraction of sp³-hybridized carbons (Fsp3) is 0.409. The minimum atomic E-state index is -1.36. The maximum absolute atomic E-state index is 13.4. The number of hydrogen-bond acceptors (Lipinski definition) is 3. The van der Waals surface area contributed by atoms with Gasteiger partial charge in [0.2, 0.25) is 0 Å². The fourth-order valence-corrected chi connectivity index (χ4v) is 4.31. The van der Waals surface area contributed by atoms with Crippen molar-refractivity contribution < 1.29 is 18.7 Å². The number of ether oxygens (including phenoxy) is 2. The zero-order chi connectivity index (χ0) is 19.3. The minimum absolute atomic E-state index is 0.0394. The van der Waals surface area contributed by atoms with Gasteiger partial charge in [0.05, 0.1) is 23.4 Å². The smallest absolute Gasteiger partial charge is 0.289 e. The lowest BCUT2D eigenvalue weighted by atomic mass is 9.98. The molecule has 1 spiro atoms. The molecule has 2 aromatic rings. The molecule has 4 nitrogen and oxygen atoms in total. The highest BCUT2D eigenvalue weighted by molar-refractivity contribution is 6.30. The SMILES string of the molecule is O=C1Nc2ccc(Cc3ccc(F)c(Cl)c3)cc2[C@]12OCCC(CC1CC1)O2. The van der Waals surface area contributed by atoms with E-state index in [-0.39, 0.29) is 17.0 Å². The molecule has 2 atom stereocenters. The Morgan fingerprint density at radius 3 is 2.71 bits per heavy atom. The van der Waals surface area contributed by atoms with Crippen molar-refractivity contribution in [3.05, 3.63) is 63.9 Å². The number of benzene rings is 2. The molecule has 2 heterocycles. The molecule has 1 saturated heterocycles. The third kappa shape index (κ3) is 3.21. The predicted octanol–water partition coefficient (Wildman–Crippen LogP) is 4.78. The molecule has 0 bridgehead atoms. The number of hydrogen-bond donors (Lipinski definition) is 1. The van der Waals surface area contributed by atoms with Crippen molar-refractivity contribution in [3.63, 3.8) is 0 Å². The second-order valence-corrected chi connectivity index (χ2v) is 8.34. The van der Waals surface area contributed by atoms with Crippen molar-refractivity contribution in [2.75, 3.05) is 11.9 Å². The number of rotatable bonds is 4. The Bertz CT molecular complexity index is 945. The summed E-state index contributed by atoms with van der Waals surface area (Å²) in [4.78, 5) is 12.8. The van der Waals surface area contributed by atoms with Crippen LogP contribution in [0.15, 0.2) is 36.4 Å². The predicted molar refractivity (Wildman–Crippen MR) is 104 cm³/mol. The molecule has 1 aliphatic carbocycles. The van der Waals surface area contributed by atoms with Crippen molar-refractivity contribution in [1.82, 2.24) is 0 Å². The van der Waals surface area contributed by atoms with Crippen LogP contribution < -0.4 is 5.32 Å². The summed E-state index contributed by atoms with van der Waals surface area (Å²) >= 11 is 5.90. The zero-order valence-electron chi connectivity index (χ0n) is 15.3. The zero-order valence-corrected chi connectivity index (χ0v) is 16.1. The van der Waals surface area contributed by atoms with E-state index in [1.165, 1.54) is 18.9 Å². The summed E-state index contributed by atoms with van der Waals surface area (Å²) in [6.45, 7) is 0.502. The third-order valence-corrected chi connectivity index (χ3v) is 6.04. The monoisotopic (exact) mass is 401 g/mol. The molecule has 1 amide bonds. The van der Waals surface area contributed by atoms with E-state index >= 15 is 0 Å². The van der Waals surface area contributed by atoms with Crippen LogP contribution in [0.25, 0.3) is 0 Å². The molecular weight excluding hydrogens is 381 g/mol. The molecular formula is C22H21ClFNO3. The lowest BCUT2D eigenvalue weighted by Crippen LogP contribution is -2.47. The molecule has 0 aromatic heterocycles.